The minimum absolute atomic E-state index is 0.0502. The van der Waals surface area contributed by atoms with Gasteiger partial charge in [-0.2, -0.15) is 4.31 Å². The lowest BCUT2D eigenvalue weighted by atomic mass is 10.3. The van der Waals surface area contributed by atoms with E-state index >= 15 is 0 Å². The van der Waals surface area contributed by atoms with E-state index in [0.717, 1.165) is 22.0 Å². The number of benzene rings is 1. The number of hydrogen-bond donors (Lipinski definition) is 1. The van der Waals surface area contributed by atoms with Gasteiger partial charge in [-0.25, -0.2) is 12.8 Å². The van der Waals surface area contributed by atoms with Crippen LogP contribution in [0.25, 0.3) is 0 Å². The third-order valence-corrected chi connectivity index (χ3v) is 5.27. The molecule has 0 saturated carbocycles. The molecule has 1 aromatic heterocycles. The number of carbonyl (C=O) groups excluding carboxylic acids is 1. The van der Waals surface area contributed by atoms with Crippen molar-refractivity contribution in [1.29, 1.82) is 0 Å². The van der Waals surface area contributed by atoms with Gasteiger partial charge in [0.1, 0.15) is 5.82 Å². The van der Waals surface area contributed by atoms with Crippen molar-refractivity contribution in [3.05, 3.63) is 60.2 Å². The number of hydrogen-bond acceptors (Lipinski definition) is 4. The Morgan fingerprint density at radius 2 is 1.96 bits per heavy atom. The van der Waals surface area contributed by atoms with Crippen LogP contribution >= 0.6 is 0 Å². The molecule has 0 saturated heterocycles. The third kappa shape index (κ3) is 4.59. The van der Waals surface area contributed by atoms with Gasteiger partial charge in [0.15, 0.2) is 0 Å². The summed E-state index contributed by atoms with van der Waals surface area (Å²) in [7, 11) is -3.85. The van der Waals surface area contributed by atoms with Gasteiger partial charge in [-0.05, 0) is 35.9 Å². The van der Waals surface area contributed by atoms with E-state index in [1.54, 1.807) is 31.5 Å². The maximum atomic E-state index is 13.0. The van der Waals surface area contributed by atoms with Crippen molar-refractivity contribution in [1.82, 2.24) is 14.6 Å². The zero-order valence-corrected chi connectivity index (χ0v) is 14.0. The van der Waals surface area contributed by atoms with Gasteiger partial charge in [-0.15, -0.1) is 0 Å². The van der Waals surface area contributed by atoms with Gasteiger partial charge < -0.3 is 5.32 Å². The second-order valence-corrected chi connectivity index (χ2v) is 6.96. The molecular weight excluding hydrogens is 333 g/mol. The van der Waals surface area contributed by atoms with Crippen LogP contribution in [-0.2, 0) is 21.4 Å². The van der Waals surface area contributed by atoms with Crippen molar-refractivity contribution in [2.75, 3.05) is 13.1 Å². The lowest BCUT2D eigenvalue weighted by Gasteiger charge is -2.20. The first kappa shape index (κ1) is 18.0. The Morgan fingerprint density at radius 1 is 1.25 bits per heavy atom. The summed E-state index contributed by atoms with van der Waals surface area (Å²) < 4.78 is 39.0. The summed E-state index contributed by atoms with van der Waals surface area (Å²) in [6.45, 7) is 1.72. The first-order valence-electron chi connectivity index (χ1n) is 7.35. The molecule has 0 atom stereocenters. The number of aromatic nitrogens is 1. The topological polar surface area (TPSA) is 79.4 Å². The molecule has 6 nitrogen and oxygen atoms in total. The Kier molecular flexibility index (Phi) is 5.99. The van der Waals surface area contributed by atoms with E-state index in [9.17, 15) is 17.6 Å². The maximum Gasteiger partial charge on any atom is 0.243 e. The van der Waals surface area contributed by atoms with Crippen molar-refractivity contribution in [3.8, 4) is 0 Å². The molecule has 0 radical (unpaired) electrons. The molecule has 1 N–H and O–H groups in total. The van der Waals surface area contributed by atoms with E-state index in [2.05, 4.69) is 10.3 Å². The summed E-state index contributed by atoms with van der Waals surface area (Å²) in [4.78, 5) is 15.9. The zero-order valence-electron chi connectivity index (χ0n) is 13.1. The Balaban J connectivity index is 2.02. The van der Waals surface area contributed by atoms with Crippen LogP contribution in [0, 0.1) is 5.82 Å². The molecule has 8 heteroatoms. The molecule has 0 aliphatic rings. The van der Waals surface area contributed by atoms with Crippen molar-refractivity contribution < 1.29 is 17.6 Å². The number of nitrogens with zero attached hydrogens (tertiary/aromatic N) is 2. The third-order valence-electron chi connectivity index (χ3n) is 3.34. The molecule has 128 valence electrons. The van der Waals surface area contributed by atoms with Gasteiger partial charge in [-0.3, -0.25) is 9.78 Å². The van der Waals surface area contributed by atoms with Crippen molar-refractivity contribution in [2.24, 2.45) is 0 Å². The van der Waals surface area contributed by atoms with Crippen LogP contribution in [0.5, 0.6) is 0 Å². The molecule has 0 fully saturated rings. The van der Waals surface area contributed by atoms with Gasteiger partial charge in [-0.1, -0.05) is 13.0 Å². The fraction of sp³-hybridized carbons (Fsp3) is 0.250. The summed E-state index contributed by atoms with van der Waals surface area (Å²) in [6, 6.07) is 8.06. The van der Waals surface area contributed by atoms with Crippen molar-refractivity contribution in [2.45, 2.75) is 18.4 Å². The van der Waals surface area contributed by atoms with E-state index in [-0.39, 0.29) is 24.5 Å². The van der Waals surface area contributed by atoms with Crippen LogP contribution in [0.4, 0.5) is 4.39 Å². The summed E-state index contributed by atoms with van der Waals surface area (Å²) in [5, 5.41) is 2.65. The van der Waals surface area contributed by atoms with Crippen molar-refractivity contribution in [3.63, 3.8) is 0 Å². The van der Waals surface area contributed by atoms with Crippen LogP contribution in [0.3, 0.4) is 0 Å². The highest BCUT2D eigenvalue weighted by Gasteiger charge is 2.25. The lowest BCUT2D eigenvalue weighted by molar-refractivity contribution is -0.121. The molecule has 0 bridgehead atoms. The van der Waals surface area contributed by atoms with E-state index in [1.165, 1.54) is 12.1 Å². The minimum Gasteiger partial charge on any atom is -0.351 e. The number of halogens is 1. The number of sulfonamides is 1. The van der Waals surface area contributed by atoms with Crippen LogP contribution < -0.4 is 5.32 Å². The fourth-order valence-corrected chi connectivity index (χ4v) is 3.45. The number of nitrogens with one attached hydrogen (secondary N) is 1. The molecule has 0 unspecified atom stereocenters. The van der Waals surface area contributed by atoms with E-state index in [4.69, 9.17) is 0 Å². The smallest absolute Gasteiger partial charge is 0.243 e. The van der Waals surface area contributed by atoms with Crippen LogP contribution in [0.2, 0.25) is 0 Å². The van der Waals surface area contributed by atoms with Crippen molar-refractivity contribution >= 4 is 15.9 Å². The van der Waals surface area contributed by atoms with Gasteiger partial charge in [0.25, 0.3) is 0 Å². The Hall–Kier alpha value is -2.32. The standard InChI is InChI=1S/C16H18FN3O3S/c1-2-20(24(22,23)15-7-5-14(17)6-8-15)12-16(21)19-11-13-4-3-9-18-10-13/h3-10H,2,11-12H2,1H3,(H,19,21). The number of carbonyl (C=O) groups is 1. The SMILES string of the molecule is CCN(CC(=O)NCc1cccnc1)S(=O)(=O)c1ccc(F)cc1. The molecule has 1 aromatic carbocycles. The fourth-order valence-electron chi connectivity index (χ4n) is 2.04. The summed E-state index contributed by atoms with van der Waals surface area (Å²) in [6.07, 6.45) is 3.24. The number of pyridine rings is 1. The monoisotopic (exact) mass is 351 g/mol. The Bertz CT molecular complexity index is 780. The zero-order chi connectivity index (χ0) is 17.6. The molecular formula is C16H18FN3O3S. The second kappa shape index (κ2) is 7.98. The first-order valence-corrected chi connectivity index (χ1v) is 8.79. The molecule has 24 heavy (non-hydrogen) atoms. The van der Waals surface area contributed by atoms with Gasteiger partial charge >= 0.3 is 0 Å². The van der Waals surface area contributed by atoms with Gasteiger partial charge in [0, 0.05) is 25.5 Å². The molecule has 2 rings (SSSR count). The molecule has 0 aliphatic heterocycles. The average molecular weight is 351 g/mol. The highest BCUT2D eigenvalue weighted by atomic mass is 32.2. The Labute approximate surface area is 140 Å². The number of amides is 1. The predicted octanol–water partition coefficient (Wildman–Crippen LogP) is 1.55. The summed E-state index contributed by atoms with van der Waals surface area (Å²) >= 11 is 0. The normalized spacial score (nSPS) is 11.5. The van der Waals surface area contributed by atoms with E-state index < -0.39 is 21.7 Å². The largest absolute Gasteiger partial charge is 0.351 e. The van der Waals surface area contributed by atoms with Gasteiger partial charge in [0.05, 0.1) is 11.4 Å². The van der Waals surface area contributed by atoms with Gasteiger partial charge in [0.2, 0.25) is 15.9 Å². The van der Waals surface area contributed by atoms with Crippen LogP contribution in [0.1, 0.15) is 12.5 Å². The predicted molar refractivity (Wildman–Crippen MR) is 86.9 cm³/mol. The molecule has 1 amide bonds. The lowest BCUT2D eigenvalue weighted by Crippen LogP contribution is -2.40. The highest BCUT2D eigenvalue weighted by molar-refractivity contribution is 7.89. The van der Waals surface area contributed by atoms with Crippen LogP contribution in [0.15, 0.2) is 53.7 Å². The quantitative estimate of drug-likeness (QED) is 0.821. The van der Waals surface area contributed by atoms with Crippen LogP contribution in [-0.4, -0.2) is 36.7 Å². The number of rotatable bonds is 7. The van der Waals surface area contributed by atoms with E-state index in [0.29, 0.717) is 0 Å². The van der Waals surface area contributed by atoms with E-state index in [1.807, 2.05) is 0 Å². The highest BCUT2D eigenvalue weighted by Crippen LogP contribution is 2.15. The molecule has 1 heterocycles. The Morgan fingerprint density at radius 3 is 2.54 bits per heavy atom. The summed E-state index contributed by atoms with van der Waals surface area (Å²) in [5.74, 6) is -0.947. The minimum atomic E-state index is -3.85. The molecule has 2 aromatic rings. The maximum absolute atomic E-state index is 13.0. The second-order valence-electron chi connectivity index (χ2n) is 5.02. The first-order chi connectivity index (χ1) is 11.4. The molecule has 0 aliphatic carbocycles. The molecule has 0 spiro atoms. The summed E-state index contributed by atoms with van der Waals surface area (Å²) in [5.41, 5.74) is 0.815. The average Bonchev–Trinajstić information content (AvgIpc) is 2.59. The number of likely N-dealkylation sites (N-methyl/N-ethyl adjacent to an activating group) is 1.